The summed E-state index contributed by atoms with van der Waals surface area (Å²) in [7, 11) is 0. The molecule has 1 aliphatic heterocycles. The molecule has 2 N–H and O–H groups in total. The van der Waals surface area contributed by atoms with E-state index in [1.807, 2.05) is 35.2 Å². The van der Waals surface area contributed by atoms with Gasteiger partial charge in [0.1, 0.15) is 17.9 Å². The number of ether oxygens (including phenoxy) is 1. The van der Waals surface area contributed by atoms with E-state index in [4.69, 9.17) is 10.00 Å². The van der Waals surface area contributed by atoms with Crippen LogP contribution >= 0.6 is 0 Å². The Kier molecular flexibility index (Phi) is 5.98. The minimum Gasteiger partial charge on any atom is -0.480 e. The summed E-state index contributed by atoms with van der Waals surface area (Å²) >= 11 is 0. The van der Waals surface area contributed by atoms with Crippen molar-refractivity contribution in [2.75, 3.05) is 32.8 Å². The van der Waals surface area contributed by atoms with E-state index in [9.17, 15) is 9.90 Å². The summed E-state index contributed by atoms with van der Waals surface area (Å²) in [5, 5.41) is 19.6. The minimum atomic E-state index is -0.865. The maximum absolute atomic E-state index is 12.2. The molecule has 0 saturated carbocycles. The number of H-pyrrole nitrogens is 1. The maximum atomic E-state index is 12.2. The number of nitrogens with one attached hydrogen (secondary N) is 1. The van der Waals surface area contributed by atoms with Gasteiger partial charge >= 0.3 is 5.97 Å². The zero-order valence-corrected chi connectivity index (χ0v) is 16.6. The zero-order chi connectivity index (χ0) is 20.9. The topological polar surface area (TPSA) is 92.6 Å². The number of hydrogen-bond donors (Lipinski definition) is 2. The average molecular weight is 404 g/mol. The maximum Gasteiger partial charge on any atom is 0.325 e. The fourth-order valence-corrected chi connectivity index (χ4v) is 4.06. The number of aromatic amines is 1. The average Bonchev–Trinajstić information content (AvgIpc) is 3.17. The summed E-state index contributed by atoms with van der Waals surface area (Å²) in [4.78, 5) is 19.8. The van der Waals surface area contributed by atoms with E-state index in [1.165, 1.54) is 5.56 Å². The Morgan fingerprint density at radius 1 is 1.17 bits per heavy atom. The first-order valence-corrected chi connectivity index (χ1v) is 9.99. The first-order chi connectivity index (χ1) is 14.7. The van der Waals surface area contributed by atoms with E-state index in [2.05, 4.69) is 22.0 Å². The third-order valence-corrected chi connectivity index (χ3v) is 5.54. The number of hydrogen-bond acceptors (Lipinski definition) is 5. The third kappa shape index (κ3) is 4.30. The van der Waals surface area contributed by atoms with Gasteiger partial charge in [-0.3, -0.25) is 14.6 Å². The number of carboxylic acids is 1. The minimum absolute atomic E-state index is 0.0446. The predicted octanol–water partition coefficient (Wildman–Crippen LogP) is 3.01. The number of aromatic nitrogens is 1. The van der Waals surface area contributed by atoms with Crippen LogP contribution in [0, 0.1) is 11.3 Å². The summed E-state index contributed by atoms with van der Waals surface area (Å²) in [5.41, 5.74) is 2.84. The summed E-state index contributed by atoms with van der Waals surface area (Å²) < 4.78 is 5.40. The van der Waals surface area contributed by atoms with Crippen molar-refractivity contribution in [1.82, 2.24) is 14.8 Å². The van der Waals surface area contributed by atoms with Crippen LogP contribution in [-0.2, 0) is 11.3 Å². The van der Waals surface area contributed by atoms with Crippen molar-refractivity contribution in [2.45, 2.75) is 12.6 Å². The first kappa shape index (κ1) is 20.0. The summed E-state index contributed by atoms with van der Waals surface area (Å²) in [6, 6.07) is 17.0. The van der Waals surface area contributed by atoms with E-state index in [0.29, 0.717) is 18.8 Å². The SMILES string of the molecule is N#CCOc1ccc2[nH]cc([C@H](C(=O)O)N3CCN(Cc4ccccc4)CC3)c2c1. The van der Waals surface area contributed by atoms with Gasteiger partial charge in [-0.1, -0.05) is 30.3 Å². The summed E-state index contributed by atoms with van der Waals surface area (Å²) in [6.45, 7) is 3.83. The molecule has 30 heavy (non-hydrogen) atoms. The van der Waals surface area contributed by atoms with Crippen molar-refractivity contribution in [3.05, 3.63) is 65.9 Å². The zero-order valence-electron chi connectivity index (χ0n) is 16.6. The number of benzene rings is 2. The monoisotopic (exact) mass is 404 g/mol. The van der Waals surface area contributed by atoms with Crippen molar-refractivity contribution in [3.63, 3.8) is 0 Å². The molecule has 3 aromatic rings. The standard InChI is InChI=1S/C23H24N4O3/c24-8-13-30-18-6-7-21-19(14-18)20(15-25-21)22(23(28)29)27-11-9-26(10-12-27)16-17-4-2-1-3-5-17/h1-7,14-15,22,25H,9-13,16H2,(H,28,29)/t22-/m1/s1. The Balaban J connectivity index is 1.51. The smallest absolute Gasteiger partial charge is 0.325 e. The number of carboxylic acid groups (broad SMARTS) is 1. The van der Waals surface area contributed by atoms with Gasteiger partial charge in [-0.15, -0.1) is 0 Å². The van der Waals surface area contributed by atoms with Crippen LogP contribution in [-0.4, -0.2) is 58.6 Å². The quantitative estimate of drug-likeness (QED) is 0.629. The van der Waals surface area contributed by atoms with Crippen LogP contribution in [0.1, 0.15) is 17.2 Å². The molecule has 154 valence electrons. The molecule has 1 aromatic heterocycles. The lowest BCUT2D eigenvalue weighted by atomic mass is 10.0. The van der Waals surface area contributed by atoms with Crippen molar-refractivity contribution in [1.29, 1.82) is 5.26 Å². The lowest BCUT2D eigenvalue weighted by Crippen LogP contribution is -2.48. The van der Waals surface area contributed by atoms with Crippen LogP contribution in [0.3, 0.4) is 0 Å². The molecule has 1 fully saturated rings. The second kappa shape index (κ2) is 8.99. The van der Waals surface area contributed by atoms with E-state index >= 15 is 0 Å². The molecule has 2 aromatic carbocycles. The molecule has 0 radical (unpaired) electrons. The molecular formula is C23H24N4O3. The molecule has 1 saturated heterocycles. The van der Waals surface area contributed by atoms with Crippen molar-refractivity contribution < 1.29 is 14.6 Å². The van der Waals surface area contributed by atoms with Crippen LogP contribution in [0.4, 0.5) is 0 Å². The van der Waals surface area contributed by atoms with Gasteiger partial charge in [0.15, 0.2) is 6.61 Å². The normalized spacial score (nSPS) is 16.2. The molecule has 7 nitrogen and oxygen atoms in total. The molecule has 0 aliphatic carbocycles. The molecule has 1 atom stereocenters. The van der Waals surface area contributed by atoms with Gasteiger partial charge in [0.2, 0.25) is 0 Å². The molecule has 0 spiro atoms. The number of fused-ring (bicyclic) bond motifs is 1. The molecule has 0 unspecified atom stereocenters. The number of nitrogens with zero attached hydrogens (tertiary/aromatic N) is 3. The number of carbonyl (C=O) groups is 1. The van der Waals surface area contributed by atoms with Crippen LogP contribution < -0.4 is 4.74 Å². The van der Waals surface area contributed by atoms with E-state index in [0.717, 1.165) is 36.1 Å². The second-order valence-electron chi connectivity index (χ2n) is 7.44. The van der Waals surface area contributed by atoms with E-state index in [-0.39, 0.29) is 6.61 Å². The lowest BCUT2D eigenvalue weighted by Gasteiger charge is -2.37. The van der Waals surface area contributed by atoms with Gasteiger partial charge < -0.3 is 14.8 Å². The first-order valence-electron chi connectivity index (χ1n) is 9.99. The fourth-order valence-electron chi connectivity index (χ4n) is 4.06. The largest absolute Gasteiger partial charge is 0.480 e. The highest BCUT2D eigenvalue weighted by Crippen LogP contribution is 2.32. The Bertz CT molecular complexity index is 1050. The predicted molar refractivity (Wildman–Crippen MR) is 113 cm³/mol. The molecule has 4 rings (SSSR count). The molecule has 0 bridgehead atoms. The van der Waals surface area contributed by atoms with Gasteiger partial charge in [0.05, 0.1) is 0 Å². The van der Waals surface area contributed by atoms with Crippen LogP contribution in [0.5, 0.6) is 5.75 Å². The highest BCUT2D eigenvalue weighted by molar-refractivity contribution is 5.90. The van der Waals surface area contributed by atoms with Crippen molar-refractivity contribution >= 4 is 16.9 Å². The summed E-state index contributed by atoms with van der Waals surface area (Å²) in [6.07, 6.45) is 1.77. The van der Waals surface area contributed by atoms with E-state index < -0.39 is 12.0 Å². The number of nitriles is 1. The number of aliphatic carboxylic acids is 1. The Morgan fingerprint density at radius 3 is 2.63 bits per heavy atom. The molecular weight excluding hydrogens is 380 g/mol. The second-order valence-corrected chi connectivity index (χ2v) is 7.44. The van der Waals surface area contributed by atoms with Crippen molar-refractivity contribution in [2.24, 2.45) is 0 Å². The summed E-state index contributed by atoms with van der Waals surface area (Å²) in [5.74, 6) is -0.308. The Hall–Kier alpha value is -3.34. The molecule has 7 heteroatoms. The highest BCUT2D eigenvalue weighted by atomic mass is 16.5. The van der Waals surface area contributed by atoms with Gasteiger partial charge in [0, 0.05) is 55.4 Å². The van der Waals surface area contributed by atoms with Crippen LogP contribution in [0.2, 0.25) is 0 Å². The molecule has 0 amide bonds. The van der Waals surface area contributed by atoms with Crippen LogP contribution in [0.15, 0.2) is 54.7 Å². The molecule has 1 aliphatic rings. The number of rotatable bonds is 7. The highest BCUT2D eigenvalue weighted by Gasteiger charge is 2.32. The fraction of sp³-hybridized carbons (Fsp3) is 0.304. The Morgan fingerprint density at radius 2 is 1.93 bits per heavy atom. The van der Waals surface area contributed by atoms with E-state index in [1.54, 1.807) is 18.3 Å². The van der Waals surface area contributed by atoms with Gasteiger partial charge in [-0.25, -0.2) is 0 Å². The van der Waals surface area contributed by atoms with Crippen molar-refractivity contribution in [3.8, 4) is 11.8 Å². The van der Waals surface area contributed by atoms with Gasteiger partial charge in [0.25, 0.3) is 0 Å². The van der Waals surface area contributed by atoms with Gasteiger partial charge in [-0.05, 0) is 23.8 Å². The van der Waals surface area contributed by atoms with Gasteiger partial charge in [-0.2, -0.15) is 5.26 Å². The molecule has 2 heterocycles. The number of piperazine rings is 1. The lowest BCUT2D eigenvalue weighted by molar-refractivity contribution is -0.144. The van der Waals surface area contributed by atoms with Crippen LogP contribution in [0.25, 0.3) is 10.9 Å². The third-order valence-electron chi connectivity index (χ3n) is 5.54. The Labute approximate surface area is 175 Å².